The molecule has 0 aromatic heterocycles. The molecule has 1 unspecified atom stereocenters. The summed E-state index contributed by atoms with van der Waals surface area (Å²) in [5, 5.41) is 0. The molecule has 2 fully saturated rings. The molecule has 0 amide bonds. The number of hydrogen-bond donors (Lipinski definition) is 1. The van der Waals surface area contributed by atoms with Gasteiger partial charge in [0, 0.05) is 12.6 Å². The first kappa shape index (κ1) is 16.2. The number of rotatable bonds is 4. The molecule has 22 heavy (non-hydrogen) atoms. The first-order chi connectivity index (χ1) is 10.6. The molecule has 0 spiro atoms. The van der Waals surface area contributed by atoms with Gasteiger partial charge in [-0.2, -0.15) is 0 Å². The SMILES string of the molecule is CC1(N)C=NC(CC(C2CCCCC2)C2CCCCC2)=NC1. The fourth-order valence-corrected chi connectivity index (χ4v) is 4.74. The van der Waals surface area contributed by atoms with Gasteiger partial charge in [0.05, 0.1) is 12.1 Å². The Labute approximate surface area is 135 Å². The number of amidine groups is 1. The van der Waals surface area contributed by atoms with Crippen molar-refractivity contribution in [1.29, 1.82) is 0 Å². The molecule has 1 aliphatic heterocycles. The third-order valence-corrected chi connectivity index (χ3v) is 6.04. The van der Waals surface area contributed by atoms with Gasteiger partial charge in [-0.1, -0.05) is 64.2 Å². The number of hydrogen-bond acceptors (Lipinski definition) is 3. The lowest BCUT2D eigenvalue weighted by Gasteiger charge is -2.38. The summed E-state index contributed by atoms with van der Waals surface area (Å²) in [5.74, 6) is 3.73. The van der Waals surface area contributed by atoms with Crippen LogP contribution in [-0.2, 0) is 0 Å². The van der Waals surface area contributed by atoms with Crippen LogP contribution in [0.2, 0.25) is 0 Å². The monoisotopic (exact) mass is 303 g/mol. The first-order valence-electron chi connectivity index (χ1n) is 9.51. The van der Waals surface area contributed by atoms with E-state index in [4.69, 9.17) is 10.7 Å². The second-order valence-corrected chi connectivity index (χ2v) is 8.16. The summed E-state index contributed by atoms with van der Waals surface area (Å²) in [6.45, 7) is 2.71. The molecule has 2 aliphatic carbocycles. The fourth-order valence-electron chi connectivity index (χ4n) is 4.74. The summed E-state index contributed by atoms with van der Waals surface area (Å²) in [4.78, 5) is 9.32. The van der Waals surface area contributed by atoms with Crippen molar-refractivity contribution in [2.75, 3.05) is 6.54 Å². The molecule has 3 nitrogen and oxygen atoms in total. The van der Waals surface area contributed by atoms with E-state index in [-0.39, 0.29) is 5.54 Å². The van der Waals surface area contributed by atoms with E-state index in [2.05, 4.69) is 4.99 Å². The molecule has 1 atom stereocenters. The molecular formula is C19H33N3. The molecule has 0 saturated heterocycles. The predicted molar refractivity (Wildman–Crippen MR) is 94.6 cm³/mol. The Morgan fingerprint density at radius 2 is 1.59 bits per heavy atom. The van der Waals surface area contributed by atoms with E-state index in [1.165, 1.54) is 64.2 Å². The lowest BCUT2D eigenvalue weighted by molar-refractivity contribution is 0.149. The van der Waals surface area contributed by atoms with Gasteiger partial charge in [-0.3, -0.25) is 4.99 Å². The zero-order valence-corrected chi connectivity index (χ0v) is 14.3. The predicted octanol–water partition coefficient (Wildman–Crippen LogP) is 4.35. The van der Waals surface area contributed by atoms with Crippen LogP contribution in [0.4, 0.5) is 0 Å². The molecule has 0 aromatic rings. The Hall–Kier alpha value is -0.700. The molecule has 124 valence electrons. The summed E-state index contributed by atoms with van der Waals surface area (Å²) >= 11 is 0. The summed E-state index contributed by atoms with van der Waals surface area (Å²) in [6, 6.07) is 0. The highest BCUT2D eigenvalue weighted by atomic mass is 15.0. The standard InChI is InChI=1S/C19H33N3/c1-19(20)13-21-18(22-14-19)12-17(15-8-4-2-5-9-15)16-10-6-3-7-11-16/h13,15-17H,2-12,14,20H2,1H3. The van der Waals surface area contributed by atoms with E-state index in [0.717, 1.165) is 30.0 Å². The Balaban J connectivity index is 1.68. The Morgan fingerprint density at radius 3 is 2.05 bits per heavy atom. The second-order valence-electron chi connectivity index (χ2n) is 8.16. The summed E-state index contributed by atoms with van der Waals surface area (Å²) in [5.41, 5.74) is 5.76. The highest BCUT2D eigenvalue weighted by Crippen LogP contribution is 2.42. The largest absolute Gasteiger partial charge is 0.319 e. The van der Waals surface area contributed by atoms with Gasteiger partial charge in [0.1, 0.15) is 5.84 Å². The molecular weight excluding hydrogens is 270 g/mol. The molecule has 0 bridgehead atoms. The lowest BCUT2D eigenvalue weighted by Crippen LogP contribution is -2.43. The highest BCUT2D eigenvalue weighted by molar-refractivity contribution is 5.94. The highest BCUT2D eigenvalue weighted by Gasteiger charge is 2.33. The minimum absolute atomic E-state index is 0.339. The van der Waals surface area contributed by atoms with Crippen LogP contribution in [0.3, 0.4) is 0 Å². The first-order valence-corrected chi connectivity index (χ1v) is 9.51. The van der Waals surface area contributed by atoms with Gasteiger partial charge in [0.25, 0.3) is 0 Å². The normalized spacial score (nSPS) is 31.5. The zero-order chi connectivity index (χ0) is 15.4. The molecule has 2 N–H and O–H groups in total. The smallest absolute Gasteiger partial charge is 0.123 e. The van der Waals surface area contributed by atoms with Crippen LogP contribution < -0.4 is 5.73 Å². The maximum atomic E-state index is 6.10. The van der Waals surface area contributed by atoms with Gasteiger partial charge in [-0.15, -0.1) is 0 Å². The van der Waals surface area contributed by atoms with Crippen LogP contribution >= 0.6 is 0 Å². The average Bonchev–Trinajstić information content (AvgIpc) is 2.55. The summed E-state index contributed by atoms with van der Waals surface area (Å²) in [6.07, 6.45) is 17.4. The minimum Gasteiger partial charge on any atom is -0.319 e. The van der Waals surface area contributed by atoms with Crippen molar-refractivity contribution in [3.8, 4) is 0 Å². The van der Waals surface area contributed by atoms with E-state index in [9.17, 15) is 0 Å². The third-order valence-electron chi connectivity index (χ3n) is 6.04. The van der Waals surface area contributed by atoms with Gasteiger partial charge in [-0.05, 0) is 24.7 Å². The molecule has 0 aromatic carbocycles. The van der Waals surface area contributed by atoms with E-state index in [0.29, 0.717) is 6.54 Å². The second kappa shape index (κ2) is 7.25. The molecule has 0 radical (unpaired) electrons. The van der Waals surface area contributed by atoms with Crippen molar-refractivity contribution in [2.45, 2.75) is 83.1 Å². The average molecular weight is 303 g/mol. The van der Waals surface area contributed by atoms with Crippen molar-refractivity contribution >= 4 is 12.1 Å². The lowest BCUT2D eigenvalue weighted by atomic mass is 9.68. The minimum atomic E-state index is -0.339. The maximum absolute atomic E-state index is 6.10. The van der Waals surface area contributed by atoms with Gasteiger partial charge < -0.3 is 5.73 Å². The topological polar surface area (TPSA) is 50.7 Å². The van der Waals surface area contributed by atoms with E-state index < -0.39 is 0 Å². The summed E-state index contributed by atoms with van der Waals surface area (Å²) < 4.78 is 0. The van der Waals surface area contributed by atoms with Gasteiger partial charge in [0.2, 0.25) is 0 Å². The quantitative estimate of drug-likeness (QED) is 0.824. The van der Waals surface area contributed by atoms with Crippen molar-refractivity contribution < 1.29 is 0 Å². The van der Waals surface area contributed by atoms with E-state index >= 15 is 0 Å². The van der Waals surface area contributed by atoms with Crippen LogP contribution in [0.5, 0.6) is 0 Å². The van der Waals surface area contributed by atoms with Gasteiger partial charge in [0.15, 0.2) is 0 Å². The zero-order valence-electron chi connectivity index (χ0n) is 14.3. The Morgan fingerprint density at radius 1 is 1.05 bits per heavy atom. The Kier molecular flexibility index (Phi) is 5.33. The molecule has 1 heterocycles. The number of nitrogens with two attached hydrogens (primary N) is 1. The number of nitrogens with zero attached hydrogens (tertiary/aromatic N) is 2. The molecule has 3 rings (SSSR count). The van der Waals surface area contributed by atoms with Crippen LogP contribution in [0.25, 0.3) is 0 Å². The van der Waals surface area contributed by atoms with E-state index in [1.54, 1.807) is 0 Å². The van der Waals surface area contributed by atoms with Crippen molar-refractivity contribution in [2.24, 2.45) is 33.5 Å². The molecule has 3 aliphatic rings. The number of aliphatic imine (C=N–C) groups is 2. The third kappa shape index (κ3) is 4.18. The van der Waals surface area contributed by atoms with Crippen LogP contribution in [0, 0.1) is 17.8 Å². The van der Waals surface area contributed by atoms with Crippen molar-refractivity contribution in [3.63, 3.8) is 0 Å². The van der Waals surface area contributed by atoms with Crippen molar-refractivity contribution in [1.82, 2.24) is 0 Å². The van der Waals surface area contributed by atoms with Crippen LogP contribution in [0.1, 0.15) is 77.6 Å². The molecule has 2 saturated carbocycles. The van der Waals surface area contributed by atoms with Gasteiger partial charge >= 0.3 is 0 Å². The molecule has 3 heteroatoms. The maximum Gasteiger partial charge on any atom is 0.123 e. The van der Waals surface area contributed by atoms with Crippen molar-refractivity contribution in [3.05, 3.63) is 0 Å². The Bertz CT molecular complexity index is 394. The van der Waals surface area contributed by atoms with Crippen LogP contribution in [0.15, 0.2) is 9.98 Å². The van der Waals surface area contributed by atoms with E-state index in [1.807, 2.05) is 13.1 Å². The van der Waals surface area contributed by atoms with Crippen LogP contribution in [-0.4, -0.2) is 24.1 Å². The van der Waals surface area contributed by atoms with Gasteiger partial charge in [-0.25, -0.2) is 4.99 Å². The fraction of sp³-hybridized carbons (Fsp3) is 0.895. The summed E-state index contributed by atoms with van der Waals surface area (Å²) in [7, 11) is 0.